The molecule has 0 saturated carbocycles. The zero-order valence-corrected chi connectivity index (χ0v) is 11.9. The lowest BCUT2D eigenvalue weighted by atomic mass is 10.1. The van der Waals surface area contributed by atoms with E-state index in [-0.39, 0.29) is 18.3 Å². The number of hydrogen-bond donors (Lipinski definition) is 2. The fraction of sp³-hybridized carbons (Fsp3) is 0.571. The first-order chi connectivity index (χ1) is 9.08. The summed E-state index contributed by atoms with van der Waals surface area (Å²) in [4.78, 5) is 10.0. The number of nitrogens with zero attached hydrogens (tertiary/aromatic N) is 1. The van der Waals surface area contributed by atoms with E-state index in [1.165, 1.54) is 18.6 Å². The van der Waals surface area contributed by atoms with Crippen molar-refractivity contribution in [2.45, 2.75) is 39.7 Å². The van der Waals surface area contributed by atoms with E-state index >= 15 is 0 Å². The Bertz CT molecular complexity index is 352. The third-order valence-corrected chi connectivity index (χ3v) is 2.34. The topological polar surface area (TPSA) is 75.4 Å². The Balaban J connectivity index is 0.000000982. The van der Waals surface area contributed by atoms with Gasteiger partial charge in [0.1, 0.15) is 0 Å². The molecule has 1 aromatic carbocycles. The van der Waals surface area contributed by atoms with Gasteiger partial charge in [0, 0.05) is 18.2 Å². The molecule has 19 heavy (non-hydrogen) atoms. The van der Waals surface area contributed by atoms with E-state index in [4.69, 9.17) is 5.11 Å². The van der Waals surface area contributed by atoms with Crippen LogP contribution in [0.15, 0.2) is 24.3 Å². The first kappa shape index (κ1) is 17.5. The van der Waals surface area contributed by atoms with Crippen LogP contribution >= 0.6 is 0 Å². The Kier molecular flexibility index (Phi) is 9.66. The highest BCUT2D eigenvalue weighted by atomic mass is 16.6. The van der Waals surface area contributed by atoms with Crippen LogP contribution in [-0.2, 0) is 6.42 Å². The van der Waals surface area contributed by atoms with Crippen molar-refractivity contribution in [2.24, 2.45) is 0 Å². The summed E-state index contributed by atoms with van der Waals surface area (Å²) in [7, 11) is 0. The minimum absolute atomic E-state index is 0.00598. The van der Waals surface area contributed by atoms with Gasteiger partial charge in [-0.3, -0.25) is 10.1 Å². The van der Waals surface area contributed by atoms with Gasteiger partial charge < -0.3 is 10.4 Å². The number of hydrogen-bond acceptors (Lipinski definition) is 4. The fourth-order valence-electron chi connectivity index (χ4n) is 1.53. The number of aliphatic hydroxyl groups is 1. The highest BCUT2D eigenvalue weighted by Crippen LogP contribution is 2.13. The van der Waals surface area contributed by atoms with Crippen molar-refractivity contribution in [1.29, 1.82) is 0 Å². The van der Waals surface area contributed by atoms with E-state index in [1.54, 1.807) is 12.1 Å². The number of nitrogens with one attached hydrogen (secondary N) is 1. The van der Waals surface area contributed by atoms with Gasteiger partial charge in [-0.1, -0.05) is 39.3 Å². The monoisotopic (exact) mass is 268 g/mol. The average molecular weight is 268 g/mol. The van der Waals surface area contributed by atoms with Gasteiger partial charge >= 0.3 is 0 Å². The van der Waals surface area contributed by atoms with Crippen LogP contribution in [0.2, 0.25) is 0 Å². The lowest BCUT2D eigenvalue weighted by Gasteiger charge is -2.14. The molecule has 0 aliphatic rings. The molecule has 5 nitrogen and oxygen atoms in total. The Morgan fingerprint density at radius 3 is 2.16 bits per heavy atom. The van der Waals surface area contributed by atoms with Crippen LogP contribution in [0, 0.1) is 10.1 Å². The number of likely N-dealkylation sites (N-methyl/N-ethyl adjacent to an activating group) is 1. The smallest absolute Gasteiger partial charge is 0.269 e. The Morgan fingerprint density at radius 2 is 1.79 bits per heavy atom. The minimum Gasteiger partial charge on any atom is -0.395 e. The number of non-ortho nitro benzene ring substituents is 1. The molecule has 1 atom stereocenters. The number of nitro benzene ring substituents is 1. The average Bonchev–Trinajstić information content (AvgIpc) is 2.39. The van der Waals surface area contributed by atoms with Crippen LogP contribution in [-0.4, -0.2) is 29.2 Å². The Hall–Kier alpha value is -1.46. The van der Waals surface area contributed by atoms with E-state index in [9.17, 15) is 10.1 Å². The maximum Gasteiger partial charge on any atom is 0.269 e. The molecule has 1 aromatic rings. The molecule has 2 N–H and O–H groups in total. The summed E-state index contributed by atoms with van der Waals surface area (Å²) in [5.41, 5.74) is 1.07. The summed E-state index contributed by atoms with van der Waals surface area (Å²) in [6, 6.07) is 6.41. The van der Waals surface area contributed by atoms with Gasteiger partial charge in [-0.05, 0) is 18.5 Å². The predicted octanol–water partition coefficient (Wildman–Crippen LogP) is 2.52. The molecule has 0 unspecified atom stereocenters. The third kappa shape index (κ3) is 7.54. The quantitative estimate of drug-likeness (QED) is 0.614. The maximum absolute atomic E-state index is 10.4. The first-order valence-corrected chi connectivity index (χ1v) is 6.66. The van der Waals surface area contributed by atoms with Crippen molar-refractivity contribution in [3.05, 3.63) is 39.9 Å². The number of nitro groups is 1. The fourth-order valence-corrected chi connectivity index (χ4v) is 1.53. The Labute approximate surface area is 114 Å². The van der Waals surface area contributed by atoms with Gasteiger partial charge in [-0.2, -0.15) is 0 Å². The normalized spacial score (nSPS) is 11.4. The highest BCUT2D eigenvalue weighted by molar-refractivity contribution is 5.33. The van der Waals surface area contributed by atoms with Crippen molar-refractivity contribution in [3.8, 4) is 0 Å². The molecule has 0 aliphatic carbocycles. The van der Waals surface area contributed by atoms with Gasteiger partial charge in [-0.25, -0.2) is 0 Å². The molecule has 0 heterocycles. The molecule has 1 rings (SSSR count). The summed E-state index contributed by atoms with van der Waals surface area (Å²) in [6.07, 6.45) is 1.92. The van der Waals surface area contributed by atoms with Crippen LogP contribution in [0.25, 0.3) is 0 Å². The maximum atomic E-state index is 10.4. The molecule has 0 aliphatic heterocycles. The summed E-state index contributed by atoms with van der Waals surface area (Å²) in [5, 5.41) is 22.7. The van der Waals surface area contributed by atoms with E-state index in [0.717, 1.165) is 12.1 Å². The van der Waals surface area contributed by atoms with E-state index < -0.39 is 4.92 Å². The van der Waals surface area contributed by atoms with Gasteiger partial charge in [0.05, 0.1) is 11.5 Å². The number of rotatable bonds is 6. The highest BCUT2D eigenvalue weighted by Gasteiger charge is 2.08. The van der Waals surface area contributed by atoms with Gasteiger partial charge in [0.15, 0.2) is 0 Å². The van der Waals surface area contributed by atoms with Crippen molar-refractivity contribution < 1.29 is 10.0 Å². The van der Waals surface area contributed by atoms with Crippen molar-refractivity contribution in [2.75, 3.05) is 13.2 Å². The molecule has 0 radical (unpaired) electrons. The van der Waals surface area contributed by atoms with Crippen LogP contribution in [0.3, 0.4) is 0 Å². The molecular formula is C14H24N2O3. The standard InChI is InChI=1S/C11H16N2O3.C3H8/c1-2-12-10(8-14)7-9-3-5-11(6-4-9)13(15)16;1-3-2/h3-6,10,12,14H,2,7-8H2,1H3;3H2,1-2H3/t10-;/m1./s1. The lowest BCUT2D eigenvalue weighted by molar-refractivity contribution is -0.384. The Morgan fingerprint density at radius 1 is 1.26 bits per heavy atom. The van der Waals surface area contributed by atoms with E-state index in [1.807, 2.05) is 6.92 Å². The third-order valence-electron chi connectivity index (χ3n) is 2.34. The molecule has 0 spiro atoms. The zero-order valence-electron chi connectivity index (χ0n) is 11.9. The second-order valence-electron chi connectivity index (χ2n) is 4.27. The van der Waals surface area contributed by atoms with Crippen LogP contribution in [0.1, 0.15) is 32.8 Å². The van der Waals surface area contributed by atoms with Crippen LogP contribution in [0.5, 0.6) is 0 Å². The molecule has 0 fully saturated rings. The van der Waals surface area contributed by atoms with Crippen LogP contribution < -0.4 is 5.32 Å². The van der Waals surface area contributed by atoms with Gasteiger partial charge in [-0.15, -0.1) is 0 Å². The number of aliphatic hydroxyl groups excluding tert-OH is 1. The number of benzene rings is 1. The molecule has 0 bridgehead atoms. The summed E-state index contributed by atoms with van der Waals surface area (Å²) < 4.78 is 0. The van der Waals surface area contributed by atoms with Crippen molar-refractivity contribution >= 4 is 5.69 Å². The van der Waals surface area contributed by atoms with E-state index in [2.05, 4.69) is 19.2 Å². The van der Waals surface area contributed by atoms with Gasteiger partial charge in [0.25, 0.3) is 5.69 Å². The van der Waals surface area contributed by atoms with Crippen molar-refractivity contribution in [1.82, 2.24) is 5.32 Å². The molecule has 108 valence electrons. The van der Waals surface area contributed by atoms with E-state index in [0.29, 0.717) is 6.42 Å². The molecular weight excluding hydrogens is 244 g/mol. The van der Waals surface area contributed by atoms with Crippen LogP contribution in [0.4, 0.5) is 5.69 Å². The molecule has 0 aromatic heterocycles. The first-order valence-electron chi connectivity index (χ1n) is 6.66. The molecule has 5 heteroatoms. The second kappa shape index (κ2) is 10.5. The molecule has 0 saturated heterocycles. The lowest BCUT2D eigenvalue weighted by Crippen LogP contribution is -2.34. The summed E-state index contributed by atoms with van der Waals surface area (Å²) >= 11 is 0. The summed E-state index contributed by atoms with van der Waals surface area (Å²) in [6.45, 7) is 7.07. The largest absolute Gasteiger partial charge is 0.395 e. The van der Waals surface area contributed by atoms with Crippen molar-refractivity contribution in [3.63, 3.8) is 0 Å². The van der Waals surface area contributed by atoms with Gasteiger partial charge in [0.2, 0.25) is 0 Å². The SMILES string of the molecule is CCC.CCN[C@@H](CO)Cc1ccc([N+](=O)[O-])cc1. The summed E-state index contributed by atoms with van der Waals surface area (Å²) in [5.74, 6) is 0. The minimum atomic E-state index is -0.419. The molecule has 0 amide bonds. The zero-order chi connectivity index (χ0) is 14.7. The predicted molar refractivity (Wildman–Crippen MR) is 77.3 cm³/mol. The second-order valence-corrected chi connectivity index (χ2v) is 4.27.